The molecular weight excluding hydrogens is 260 g/mol. The van der Waals surface area contributed by atoms with Crippen LogP contribution in [0.4, 0.5) is 5.95 Å². The van der Waals surface area contributed by atoms with E-state index in [0.29, 0.717) is 43.6 Å². The smallest absolute Gasteiger partial charge is 0.274 e. The highest BCUT2D eigenvalue weighted by Gasteiger charge is 2.07. The lowest BCUT2D eigenvalue weighted by Crippen LogP contribution is -2.20. The standard InChI is InChI=1S/C13H18N4O3/c1-2-19-7-4-6-14-13-15-12(18)11(16-17-13)9-10-5-3-8-20-10/h3,5,8H,2,4,6-7,9H2,1H3,(H2,14,15,17,18). The van der Waals surface area contributed by atoms with Gasteiger partial charge < -0.3 is 14.5 Å². The topological polar surface area (TPSA) is 93.0 Å². The fourth-order valence-corrected chi connectivity index (χ4v) is 1.66. The zero-order valence-corrected chi connectivity index (χ0v) is 11.4. The molecule has 0 saturated heterocycles. The summed E-state index contributed by atoms with van der Waals surface area (Å²) < 4.78 is 10.4. The van der Waals surface area contributed by atoms with Crippen molar-refractivity contribution >= 4 is 5.95 Å². The van der Waals surface area contributed by atoms with Crippen LogP contribution in [0, 0.1) is 0 Å². The van der Waals surface area contributed by atoms with E-state index in [0.717, 1.165) is 6.42 Å². The molecule has 2 aromatic heterocycles. The van der Waals surface area contributed by atoms with Crippen LogP contribution in [0.1, 0.15) is 24.8 Å². The van der Waals surface area contributed by atoms with Gasteiger partial charge in [0, 0.05) is 19.8 Å². The zero-order valence-electron chi connectivity index (χ0n) is 11.4. The minimum atomic E-state index is -0.260. The molecule has 0 bridgehead atoms. The molecule has 0 spiro atoms. The molecule has 108 valence electrons. The summed E-state index contributed by atoms with van der Waals surface area (Å²) in [6.45, 7) is 4.01. The zero-order chi connectivity index (χ0) is 14.2. The monoisotopic (exact) mass is 278 g/mol. The molecule has 0 aliphatic rings. The number of hydrogen-bond acceptors (Lipinski definition) is 6. The summed E-state index contributed by atoms with van der Waals surface area (Å²) in [7, 11) is 0. The quantitative estimate of drug-likeness (QED) is 0.704. The first-order chi connectivity index (χ1) is 9.79. The van der Waals surface area contributed by atoms with Crippen LogP contribution in [0.15, 0.2) is 27.6 Å². The number of anilines is 1. The summed E-state index contributed by atoms with van der Waals surface area (Å²) in [6, 6.07) is 3.56. The second-order valence-electron chi connectivity index (χ2n) is 4.18. The Morgan fingerprint density at radius 1 is 1.45 bits per heavy atom. The van der Waals surface area contributed by atoms with E-state index in [9.17, 15) is 4.79 Å². The van der Waals surface area contributed by atoms with Crippen molar-refractivity contribution in [2.75, 3.05) is 25.1 Å². The van der Waals surface area contributed by atoms with E-state index in [-0.39, 0.29) is 5.56 Å². The molecule has 2 aromatic rings. The van der Waals surface area contributed by atoms with Crippen LogP contribution < -0.4 is 10.9 Å². The Kier molecular flexibility index (Phi) is 5.31. The third-order valence-corrected chi connectivity index (χ3v) is 2.65. The lowest BCUT2D eigenvalue weighted by Gasteiger charge is -2.05. The summed E-state index contributed by atoms with van der Waals surface area (Å²) >= 11 is 0. The Morgan fingerprint density at radius 3 is 3.05 bits per heavy atom. The first-order valence-electron chi connectivity index (χ1n) is 6.59. The Balaban J connectivity index is 1.87. The second kappa shape index (κ2) is 7.44. The molecule has 0 atom stereocenters. The highest BCUT2D eigenvalue weighted by atomic mass is 16.5. The fourth-order valence-electron chi connectivity index (χ4n) is 1.66. The third-order valence-electron chi connectivity index (χ3n) is 2.65. The van der Waals surface area contributed by atoms with Gasteiger partial charge in [0.05, 0.1) is 12.7 Å². The molecule has 0 aromatic carbocycles. The number of rotatable bonds is 8. The summed E-state index contributed by atoms with van der Waals surface area (Å²) in [5, 5.41) is 10.9. The van der Waals surface area contributed by atoms with E-state index in [1.54, 1.807) is 18.4 Å². The van der Waals surface area contributed by atoms with Gasteiger partial charge in [-0.25, -0.2) is 0 Å². The van der Waals surface area contributed by atoms with Crippen molar-refractivity contribution in [3.8, 4) is 0 Å². The largest absolute Gasteiger partial charge is 0.469 e. The van der Waals surface area contributed by atoms with Crippen molar-refractivity contribution in [3.05, 3.63) is 40.2 Å². The first-order valence-corrected chi connectivity index (χ1v) is 6.59. The fraction of sp³-hybridized carbons (Fsp3) is 0.462. The number of ether oxygens (including phenoxy) is 1. The van der Waals surface area contributed by atoms with E-state index in [1.165, 1.54) is 0 Å². The molecule has 2 N–H and O–H groups in total. The van der Waals surface area contributed by atoms with Gasteiger partial charge in [0.25, 0.3) is 5.56 Å². The van der Waals surface area contributed by atoms with Crippen LogP contribution in [0.25, 0.3) is 0 Å². The van der Waals surface area contributed by atoms with Crippen molar-refractivity contribution in [2.45, 2.75) is 19.8 Å². The van der Waals surface area contributed by atoms with Gasteiger partial charge in [-0.1, -0.05) is 0 Å². The molecule has 0 aliphatic heterocycles. The van der Waals surface area contributed by atoms with Crippen molar-refractivity contribution in [2.24, 2.45) is 0 Å². The SMILES string of the molecule is CCOCCCNc1nnc(Cc2ccco2)c(=O)[nH]1. The molecular formula is C13H18N4O3. The Hall–Kier alpha value is -2.15. The van der Waals surface area contributed by atoms with E-state index in [1.807, 2.05) is 6.92 Å². The maximum Gasteiger partial charge on any atom is 0.274 e. The number of aromatic amines is 1. The van der Waals surface area contributed by atoms with Gasteiger partial charge in [-0.2, -0.15) is 0 Å². The highest BCUT2D eigenvalue weighted by molar-refractivity contribution is 5.22. The Bertz CT molecular complexity index is 565. The average molecular weight is 278 g/mol. The van der Waals surface area contributed by atoms with Gasteiger partial charge in [-0.15, -0.1) is 10.2 Å². The van der Waals surface area contributed by atoms with E-state index >= 15 is 0 Å². The van der Waals surface area contributed by atoms with Crippen LogP contribution in [0.2, 0.25) is 0 Å². The van der Waals surface area contributed by atoms with Crippen molar-refractivity contribution < 1.29 is 9.15 Å². The van der Waals surface area contributed by atoms with Gasteiger partial charge in [-0.05, 0) is 25.5 Å². The summed E-state index contributed by atoms with van der Waals surface area (Å²) in [6.07, 6.45) is 2.73. The second-order valence-corrected chi connectivity index (χ2v) is 4.18. The average Bonchev–Trinajstić information content (AvgIpc) is 2.94. The van der Waals surface area contributed by atoms with E-state index < -0.39 is 0 Å². The van der Waals surface area contributed by atoms with E-state index in [2.05, 4.69) is 20.5 Å². The molecule has 0 aliphatic carbocycles. The molecule has 7 nitrogen and oxygen atoms in total. The van der Waals surface area contributed by atoms with Crippen molar-refractivity contribution in [1.29, 1.82) is 0 Å². The molecule has 2 heterocycles. The third kappa shape index (κ3) is 4.20. The molecule has 0 amide bonds. The number of nitrogens with zero attached hydrogens (tertiary/aromatic N) is 2. The van der Waals surface area contributed by atoms with Gasteiger partial charge in [0.1, 0.15) is 11.5 Å². The number of aromatic nitrogens is 3. The molecule has 7 heteroatoms. The molecule has 20 heavy (non-hydrogen) atoms. The Morgan fingerprint density at radius 2 is 2.35 bits per heavy atom. The molecule has 0 unspecified atom stereocenters. The predicted molar refractivity (Wildman–Crippen MR) is 73.8 cm³/mol. The molecule has 0 saturated carbocycles. The van der Waals surface area contributed by atoms with Gasteiger partial charge in [0.15, 0.2) is 0 Å². The summed E-state index contributed by atoms with van der Waals surface area (Å²) in [4.78, 5) is 14.5. The number of furan rings is 1. The minimum absolute atomic E-state index is 0.260. The summed E-state index contributed by atoms with van der Waals surface area (Å²) in [5.41, 5.74) is 0.0727. The van der Waals surface area contributed by atoms with Gasteiger partial charge >= 0.3 is 0 Å². The van der Waals surface area contributed by atoms with Crippen LogP contribution >= 0.6 is 0 Å². The molecule has 0 fully saturated rings. The first kappa shape index (κ1) is 14.3. The van der Waals surface area contributed by atoms with Crippen LogP contribution in [-0.2, 0) is 11.2 Å². The normalized spacial score (nSPS) is 10.7. The molecule has 2 rings (SSSR count). The van der Waals surface area contributed by atoms with E-state index in [4.69, 9.17) is 9.15 Å². The van der Waals surface area contributed by atoms with Gasteiger partial charge in [-0.3, -0.25) is 9.78 Å². The lowest BCUT2D eigenvalue weighted by atomic mass is 10.2. The highest BCUT2D eigenvalue weighted by Crippen LogP contribution is 2.04. The van der Waals surface area contributed by atoms with Crippen LogP contribution in [-0.4, -0.2) is 34.9 Å². The Labute approximate surface area is 116 Å². The van der Waals surface area contributed by atoms with Crippen LogP contribution in [0.5, 0.6) is 0 Å². The maximum atomic E-state index is 11.8. The lowest BCUT2D eigenvalue weighted by molar-refractivity contribution is 0.147. The predicted octanol–water partition coefficient (Wildman–Crippen LogP) is 1.19. The van der Waals surface area contributed by atoms with Crippen molar-refractivity contribution in [3.63, 3.8) is 0 Å². The number of nitrogens with one attached hydrogen (secondary N) is 2. The maximum absolute atomic E-state index is 11.8. The number of H-pyrrole nitrogens is 1. The van der Waals surface area contributed by atoms with Crippen LogP contribution in [0.3, 0.4) is 0 Å². The van der Waals surface area contributed by atoms with Gasteiger partial charge in [0.2, 0.25) is 5.95 Å². The van der Waals surface area contributed by atoms with Crippen molar-refractivity contribution in [1.82, 2.24) is 15.2 Å². The summed E-state index contributed by atoms with van der Waals surface area (Å²) in [5.74, 6) is 1.05. The minimum Gasteiger partial charge on any atom is -0.469 e. The molecule has 0 radical (unpaired) electrons. The number of hydrogen-bond donors (Lipinski definition) is 2.